The third-order valence-corrected chi connectivity index (χ3v) is 7.10. The summed E-state index contributed by atoms with van der Waals surface area (Å²) in [6.45, 7) is 3.30. The van der Waals surface area contributed by atoms with Crippen molar-refractivity contribution in [2.24, 2.45) is 0 Å². The molecule has 1 amide bonds. The second-order valence-electron chi connectivity index (χ2n) is 7.94. The topological polar surface area (TPSA) is 93.2 Å². The van der Waals surface area contributed by atoms with Crippen LogP contribution < -0.4 is 13.9 Å². The molecule has 0 radical (unpaired) electrons. The minimum atomic E-state index is -3.90. The lowest BCUT2D eigenvalue weighted by Gasteiger charge is -2.26. The average Bonchev–Trinajstić information content (AvgIpc) is 2.87. The number of anilines is 2. The molecule has 0 heterocycles. The van der Waals surface area contributed by atoms with Crippen LogP contribution in [0.5, 0.6) is 5.75 Å². The molecule has 0 saturated carbocycles. The lowest BCUT2D eigenvalue weighted by atomic mass is 10.2. The molecule has 0 aliphatic heterocycles. The van der Waals surface area contributed by atoms with Gasteiger partial charge in [-0.2, -0.15) is 0 Å². The van der Waals surface area contributed by atoms with Crippen LogP contribution in [0.3, 0.4) is 0 Å². The van der Waals surface area contributed by atoms with E-state index in [0.29, 0.717) is 17.1 Å². The standard InChI is InChI=1S/C26H28N2O6S/c1-19(2)28(21-10-6-5-7-11-21)25(29)18-34-26(30)20-14-16-22(17-15-20)35(31,32)27(3)23-12-8-9-13-24(23)33-4/h5-17,19H,18H2,1-4H3. The Bertz CT molecular complexity index is 1270. The molecule has 0 atom stereocenters. The van der Waals surface area contributed by atoms with Crippen LogP contribution in [0.2, 0.25) is 0 Å². The summed E-state index contributed by atoms with van der Waals surface area (Å²) in [5, 5.41) is 0. The van der Waals surface area contributed by atoms with Crippen LogP contribution >= 0.6 is 0 Å². The summed E-state index contributed by atoms with van der Waals surface area (Å²) in [5.41, 5.74) is 1.22. The van der Waals surface area contributed by atoms with Gasteiger partial charge in [0.1, 0.15) is 5.75 Å². The first-order valence-electron chi connectivity index (χ1n) is 10.9. The summed E-state index contributed by atoms with van der Waals surface area (Å²) in [6.07, 6.45) is 0. The van der Waals surface area contributed by atoms with Gasteiger partial charge in [-0.05, 0) is 62.4 Å². The summed E-state index contributed by atoms with van der Waals surface area (Å²) < 4.78 is 37.7. The molecule has 0 fully saturated rings. The summed E-state index contributed by atoms with van der Waals surface area (Å²) in [4.78, 5) is 26.8. The minimum Gasteiger partial charge on any atom is -0.495 e. The van der Waals surface area contributed by atoms with Gasteiger partial charge in [-0.3, -0.25) is 9.10 Å². The predicted octanol–water partition coefficient (Wildman–Crippen LogP) is 4.12. The Morgan fingerprint density at radius 3 is 2.09 bits per heavy atom. The first-order chi connectivity index (χ1) is 16.7. The van der Waals surface area contributed by atoms with Gasteiger partial charge in [-0.25, -0.2) is 13.2 Å². The maximum Gasteiger partial charge on any atom is 0.338 e. The number of amides is 1. The van der Waals surface area contributed by atoms with Crippen molar-refractivity contribution >= 4 is 33.3 Å². The number of ether oxygens (including phenoxy) is 2. The van der Waals surface area contributed by atoms with Crippen molar-refractivity contribution in [3.63, 3.8) is 0 Å². The molecular formula is C26H28N2O6S. The Kier molecular flexibility index (Phi) is 8.14. The van der Waals surface area contributed by atoms with Gasteiger partial charge in [0.25, 0.3) is 15.9 Å². The molecular weight excluding hydrogens is 468 g/mol. The van der Waals surface area contributed by atoms with Gasteiger partial charge in [-0.15, -0.1) is 0 Å². The fourth-order valence-electron chi connectivity index (χ4n) is 3.54. The molecule has 0 N–H and O–H groups in total. The van der Waals surface area contributed by atoms with Crippen molar-refractivity contribution in [2.75, 3.05) is 30.0 Å². The van der Waals surface area contributed by atoms with E-state index in [1.165, 1.54) is 38.4 Å². The van der Waals surface area contributed by atoms with Gasteiger partial charge in [0.2, 0.25) is 0 Å². The second-order valence-corrected chi connectivity index (χ2v) is 9.91. The molecule has 0 unspecified atom stereocenters. The maximum absolute atomic E-state index is 13.1. The monoisotopic (exact) mass is 496 g/mol. The molecule has 0 aliphatic rings. The highest BCUT2D eigenvalue weighted by atomic mass is 32.2. The SMILES string of the molecule is COc1ccccc1N(C)S(=O)(=O)c1ccc(C(=O)OCC(=O)N(c2ccccc2)C(C)C)cc1. The summed E-state index contributed by atoms with van der Waals surface area (Å²) in [6, 6.07) is 21.1. The number of carbonyl (C=O) groups excluding carboxylic acids is 2. The smallest absolute Gasteiger partial charge is 0.338 e. The van der Waals surface area contributed by atoms with Crippen molar-refractivity contribution in [3.8, 4) is 5.75 Å². The van der Waals surface area contributed by atoms with Crippen LogP contribution in [0.1, 0.15) is 24.2 Å². The molecule has 8 nitrogen and oxygen atoms in total. The van der Waals surface area contributed by atoms with Crippen molar-refractivity contribution in [2.45, 2.75) is 24.8 Å². The molecule has 3 aromatic rings. The number of hydrogen-bond donors (Lipinski definition) is 0. The van der Waals surface area contributed by atoms with Crippen LogP contribution in [0.25, 0.3) is 0 Å². The van der Waals surface area contributed by atoms with Crippen LogP contribution in [-0.4, -0.2) is 47.1 Å². The Morgan fingerprint density at radius 2 is 1.49 bits per heavy atom. The van der Waals surface area contributed by atoms with Gasteiger partial charge in [0.15, 0.2) is 6.61 Å². The van der Waals surface area contributed by atoms with Gasteiger partial charge in [0, 0.05) is 18.8 Å². The number of nitrogens with zero attached hydrogens (tertiary/aromatic N) is 2. The fraction of sp³-hybridized carbons (Fsp3) is 0.231. The minimum absolute atomic E-state index is 0.00593. The number of benzene rings is 3. The Balaban J connectivity index is 1.70. The zero-order valence-electron chi connectivity index (χ0n) is 20.0. The van der Waals surface area contributed by atoms with Crippen LogP contribution in [0, 0.1) is 0 Å². The molecule has 0 aliphatic carbocycles. The molecule has 9 heteroatoms. The zero-order valence-corrected chi connectivity index (χ0v) is 20.9. The number of para-hydroxylation sites is 3. The highest BCUT2D eigenvalue weighted by Gasteiger charge is 2.25. The van der Waals surface area contributed by atoms with E-state index in [0.717, 1.165) is 4.31 Å². The number of rotatable bonds is 9. The molecule has 0 aromatic heterocycles. The molecule has 3 aromatic carbocycles. The lowest BCUT2D eigenvalue weighted by molar-refractivity contribution is -0.122. The van der Waals surface area contributed by atoms with Crippen LogP contribution in [0.4, 0.5) is 11.4 Å². The zero-order chi connectivity index (χ0) is 25.6. The van der Waals surface area contributed by atoms with E-state index in [-0.39, 0.29) is 22.4 Å². The van der Waals surface area contributed by atoms with E-state index >= 15 is 0 Å². The number of sulfonamides is 1. The number of hydrogen-bond acceptors (Lipinski definition) is 6. The normalized spacial score (nSPS) is 11.1. The molecule has 184 valence electrons. The van der Waals surface area contributed by atoms with E-state index in [1.807, 2.05) is 32.0 Å². The van der Waals surface area contributed by atoms with Gasteiger partial charge < -0.3 is 14.4 Å². The van der Waals surface area contributed by atoms with E-state index in [1.54, 1.807) is 41.3 Å². The Labute approximate surface area is 205 Å². The highest BCUT2D eigenvalue weighted by Crippen LogP contribution is 2.31. The third-order valence-electron chi connectivity index (χ3n) is 5.32. The van der Waals surface area contributed by atoms with Crippen molar-refractivity contribution < 1.29 is 27.5 Å². The van der Waals surface area contributed by atoms with Gasteiger partial charge in [0.05, 0.1) is 23.3 Å². The summed E-state index contributed by atoms with van der Waals surface area (Å²) in [7, 11) is -1.02. The first-order valence-corrected chi connectivity index (χ1v) is 12.4. The number of esters is 1. The number of carbonyl (C=O) groups is 2. The molecule has 35 heavy (non-hydrogen) atoms. The molecule has 3 rings (SSSR count). The van der Waals surface area contributed by atoms with E-state index in [2.05, 4.69) is 0 Å². The van der Waals surface area contributed by atoms with Crippen LogP contribution in [0.15, 0.2) is 83.8 Å². The largest absolute Gasteiger partial charge is 0.495 e. The Hall–Kier alpha value is -3.85. The Morgan fingerprint density at radius 1 is 0.886 bits per heavy atom. The quantitative estimate of drug-likeness (QED) is 0.414. The first kappa shape index (κ1) is 25.8. The van der Waals surface area contributed by atoms with Crippen LogP contribution in [-0.2, 0) is 19.6 Å². The van der Waals surface area contributed by atoms with E-state index in [4.69, 9.17) is 9.47 Å². The van der Waals surface area contributed by atoms with Gasteiger partial charge in [-0.1, -0.05) is 30.3 Å². The summed E-state index contributed by atoms with van der Waals surface area (Å²) >= 11 is 0. The van der Waals surface area contributed by atoms with E-state index in [9.17, 15) is 18.0 Å². The molecule has 0 saturated heterocycles. The maximum atomic E-state index is 13.1. The lowest BCUT2D eigenvalue weighted by Crippen LogP contribution is -2.39. The number of methoxy groups -OCH3 is 1. The van der Waals surface area contributed by atoms with Crippen molar-refractivity contribution in [3.05, 3.63) is 84.4 Å². The van der Waals surface area contributed by atoms with E-state index < -0.39 is 22.6 Å². The van der Waals surface area contributed by atoms with Crippen molar-refractivity contribution in [1.29, 1.82) is 0 Å². The van der Waals surface area contributed by atoms with Gasteiger partial charge >= 0.3 is 5.97 Å². The third kappa shape index (κ3) is 5.81. The summed E-state index contributed by atoms with van der Waals surface area (Å²) in [5.74, 6) is -0.677. The second kappa shape index (κ2) is 11.1. The molecule has 0 bridgehead atoms. The fourth-order valence-corrected chi connectivity index (χ4v) is 4.75. The highest BCUT2D eigenvalue weighted by molar-refractivity contribution is 7.92. The average molecular weight is 497 g/mol. The molecule has 0 spiro atoms. The predicted molar refractivity (Wildman–Crippen MR) is 134 cm³/mol. The van der Waals surface area contributed by atoms with Crippen molar-refractivity contribution in [1.82, 2.24) is 0 Å².